The summed E-state index contributed by atoms with van der Waals surface area (Å²) in [5.74, 6) is -11.7. The molecule has 2 heterocycles. The van der Waals surface area contributed by atoms with Crippen LogP contribution in [0.5, 0.6) is 5.75 Å². The Morgan fingerprint density at radius 2 is 1.33 bits per heavy atom. The minimum absolute atomic E-state index is 0.00609. The molecular formula is C79H120N14O23S3. The number of piperidine rings is 1. The molecule has 2 aromatic carbocycles. The molecule has 0 radical (unpaired) electrons. The van der Waals surface area contributed by atoms with Gasteiger partial charge in [-0.05, 0) is 126 Å². The van der Waals surface area contributed by atoms with Crippen molar-refractivity contribution in [2.24, 2.45) is 17.8 Å². The van der Waals surface area contributed by atoms with Gasteiger partial charge in [0.25, 0.3) is 5.91 Å². The van der Waals surface area contributed by atoms with Crippen LogP contribution in [0.4, 0.5) is 14.4 Å². The van der Waals surface area contributed by atoms with Crippen LogP contribution in [0.1, 0.15) is 203 Å². The largest absolute Gasteiger partial charge is 0.508 e. The number of benzene rings is 2. The number of likely N-dealkylation sites (tertiary alicyclic amines) is 1. The van der Waals surface area contributed by atoms with Gasteiger partial charge in [0.05, 0.1) is 25.3 Å². The van der Waals surface area contributed by atoms with Crippen molar-refractivity contribution in [1.29, 1.82) is 0 Å². The van der Waals surface area contributed by atoms with Crippen molar-refractivity contribution >= 4 is 122 Å². The Balaban J connectivity index is 1.25. The van der Waals surface area contributed by atoms with Crippen molar-refractivity contribution < 1.29 is 112 Å². The van der Waals surface area contributed by atoms with E-state index in [0.717, 1.165) is 50.0 Å². The van der Waals surface area contributed by atoms with E-state index in [1.807, 2.05) is 39.6 Å². The molecule has 1 saturated heterocycles. The number of rotatable bonds is 54. The Labute approximate surface area is 705 Å². The number of aromatic nitrogens is 1. The first-order valence-electron chi connectivity index (χ1n) is 40.0. The molecule has 37 nitrogen and oxygen atoms in total. The summed E-state index contributed by atoms with van der Waals surface area (Å²) in [6, 6.07) is 3.02. The number of hydrogen-bond acceptors (Lipinski definition) is 24. The van der Waals surface area contributed by atoms with Gasteiger partial charge in [0.15, 0.2) is 6.10 Å². The quantitative estimate of drug-likeness (QED) is 0.0101. The van der Waals surface area contributed by atoms with Gasteiger partial charge >= 0.3 is 48.0 Å². The highest BCUT2D eigenvalue weighted by molar-refractivity contribution is 8.76. The SMILES string of the molecule is CCCCCOCN(C(=O)[C@@H](NC(=O)[C@H]1CCCCN1C)C(C)CC)[C@H](C[C@@H](OC(C)=O)c1nc(C(=O)N[C@@H](Cc2ccc(O)cc2)C[C@H](C)C(=O)NNC(=O)OCCSSC[C@@H](C)NC(=O)[C@H](CC(=O)O)NC(=O)[C@H](CC(=O)O)NC(=O)Cc2ccc(CNC(=O)NCCCC[C@@H](C)NC(=O)N[C@@H](CCC(=O)O)C(=O)O)cc2)cs1)C(C)C. The van der Waals surface area contributed by atoms with Crippen LogP contribution in [0.3, 0.4) is 0 Å². The molecule has 1 aliphatic heterocycles. The van der Waals surface area contributed by atoms with Crippen LogP contribution in [0, 0.1) is 17.8 Å². The number of nitrogens with one attached hydrogen (secondary N) is 11. The number of ether oxygens (including phenoxy) is 3. The number of phenols is 1. The molecule has 0 aliphatic carbocycles. The van der Waals surface area contributed by atoms with E-state index in [1.165, 1.54) is 46.0 Å². The number of aliphatic carboxylic acids is 4. The number of nitrogens with zero attached hydrogens (tertiary/aromatic N) is 3. The van der Waals surface area contributed by atoms with Crippen LogP contribution in [0.2, 0.25) is 0 Å². The van der Waals surface area contributed by atoms with E-state index >= 15 is 4.79 Å². The first-order chi connectivity index (χ1) is 56.5. The predicted octanol–water partition coefficient (Wildman–Crippen LogP) is 6.02. The molecule has 3 aromatic rings. The summed E-state index contributed by atoms with van der Waals surface area (Å²) in [5.41, 5.74) is 6.32. The molecule has 12 amide bonds. The molecule has 1 fully saturated rings. The van der Waals surface area contributed by atoms with Gasteiger partial charge in [-0.25, -0.2) is 29.6 Å². The van der Waals surface area contributed by atoms with Crippen LogP contribution < -0.4 is 58.7 Å². The van der Waals surface area contributed by atoms with E-state index in [0.29, 0.717) is 55.4 Å². The van der Waals surface area contributed by atoms with Crippen LogP contribution in [0.25, 0.3) is 0 Å². The predicted molar refractivity (Wildman–Crippen MR) is 443 cm³/mol. The standard InChI is InChI=1S/C79H120N14O23S3/c1-11-13-18-33-114-45-93(75(108)68(47(5)12-2)89-73(107)61-20-15-17-32-92(61)10)62(46(3)4)41-63(116-51(9)94)74-87-60(44-117-74)72(106)84-55(37-52-25-27-56(95)28-26-52)36-48(6)69(103)90-91-79(113)115-34-35-118-119-43-50(8)82-70(104)59(40-67(101)102)86-71(105)58(39-66(99)100)85-64(96)38-53-21-23-54(24-22-53)42-81-77(111)80-31-16-14-19-49(7)83-78(112)88-57(76(109)110)29-30-65(97)98/h21-28,44,46-50,55,57-59,61-63,68,95H,11-20,29-43,45H2,1-10H3,(H,82,104)(H,84,106)(H,85,96)(H,86,105)(H,89,107)(H,90,103)(H,91,113)(H,97,98)(H,99,100)(H,101,102)(H,109,110)(H2,80,81,111)(H2,83,88,112)/t47?,48-,49+,50+,55+,57-,58-,59-,61+,62+,63+,68-/m0/s1. The third-order valence-corrected chi connectivity index (χ3v) is 22.9. The molecule has 0 saturated carbocycles. The van der Waals surface area contributed by atoms with Crippen molar-refractivity contribution in [2.75, 3.05) is 51.6 Å². The van der Waals surface area contributed by atoms with Crippen molar-refractivity contribution in [3.63, 3.8) is 0 Å². The lowest BCUT2D eigenvalue weighted by molar-refractivity contribution is -0.153. The van der Waals surface area contributed by atoms with Gasteiger partial charge in [-0.3, -0.25) is 63.1 Å². The fourth-order valence-corrected chi connectivity index (χ4v) is 15.6. The molecule has 1 aromatic heterocycles. The van der Waals surface area contributed by atoms with Gasteiger partial charge in [0.1, 0.15) is 54.0 Å². The first-order valence-corrected chi connectivity index (χ1v) is 43.4. The second-order valence-electron chi connectivity index (χ2n) is 29.9. The van der Waals surface area contributed by atoms with Gasteiger partial charge in [-0.2, -0.15) is 0 Å². The number of aromatic hydroxyl groups is 1. The molecule has 16 N–H and O–H groups in total. The summed E-state index contributed by atoms with van der Waals surface area (Å²) in [6.45, 7) is 17.3. The number of carbonyl (C=O) groups is 15. The van der Waals surface area contributed by atoms with E-state index < -0.39 is 151 Å². The second kappa shape index (κ2) is 54.2. The number of unbranched alkanes of at least 4 members (excludes halogenated alkanes) is 3. The lowest BCUT2D eigenvalue weighted by Gasteiger charge is -2.40. The van der Waals surface area contributed by atoms with Gasteiger partial charge in [0.2, 0.25) is 35.4 Å². The highest BCUT2D eigenvalue weighted by Gasteiger charge is 2.40. The lowest BCUT2D eigenvalue weighted by atomic mass is 9.92. The minimum Gasteiger partial charge on any atom is -0.508 e. The summed E-state index contributed by atoms with van der Waals surface area (Å²) in [5, 5.41) is 72.8. The van der Waals surface area contributed by atoms with Crippen molar-refractivity contribution in [3.8, 4) is 5.75 Å². The number of carbonyl (C=O) groups excluding carboxylic acids is 11. The Kier molecular flexibility index (Phi) is 46.1. The Morgan fingerprint density at radius 3 is 1.96 bits per heavy atom. The van der Waals surface area contributed by atoms with Gasteiger partial charge in [-0.15, -0.1) is 11.3 Å². The fourth-order valence-electron chi connectivity index (χ4n) is 12.6. The number of carboxylic acid groups (broad SMARTS) is 4. The Morgan fingerprint density at radius 1 is 0.664 bits per heavy atom. The Bertz CT molecular complexity index is 3810. The summed E-state index contributed by atoms with van der Waals surface area (Å²) in [6.07, 6.45) is 2.75. The molecule has 1 unspecified atom stereocenters. The third kappa shape index (κ3) is 39.6. The molecule has 4 rings (SSSR count). The maximum atomic E-state index is 15.1. The fraction of sp³-hybridized carbons (Fsp3) is 0.620. The number of thiazole rings is 1. The second-order valence-corrected chi connectivity index (χ2v) is 33.4. The maximum Gasteiger partial charge on any atom is 0.426 e. The number of hydrogen-bond donors (Lipinski definition) is 16. The van der Waals surface area contributed by atoms with E-state index in [2.05, 4.69) is 70.6 Å². The summed E-state index contributed by atoms with van der Waals surface area (Å²) in [7, 11) is 4.39. The van der Waals surface area contributed by atoms with Crippen LogP contribution in [0.15, 0.2) is 53.9 Å². The van der Waals surface area contributed by atoms with Gasteiger partial charge in [0, 0.05) is 86.4 Å². The van der Waals surface area contributed by atoms with Gasteiger partial charge < -0.3 is 92.5 Å². The van der Waals surface area contributed by atoms with Crippen LogP contribution in [-0.4, -0.2) is 236 Å². The first kappa shape index (κ1) is 101. The highest BCUT2D eigenvalue weighted by Crippen LogP contribution is 2.33. The summed E-state index contributed by atoms with van der Waals surface area (Å²) < 4.78 is 17.4. The zero-order valence-electron chi connectivity index (χ0n) is 69.2. The Hall–Kier alpha value is -10.1. The molecule has 12 atom stereocenters. The normalized spacial score (nSPS) is 15.4. The minimum atomic E-state index is -1.73. The molecule has 0 bridgehead atoms. The van der Waals surface area contributed by atoms with E-state index in [-0.39, 0.29) is 122 Å². The number of esters is 1. The summed E-state index contributed by atoms with van der Waals surface area (Å²) in [4.78, 5) is 202. The number of urea groups is 2. The number of likely N-dealkylation sites (N-methyl/N-ethyl adjacent to an activating group) is 1. The zero-order valence-corrected chi connectivity index (χ0v) is 71.7. The van der Waals surface area contributed by atoms with Crippen LogP contribution >= 0.6 is 32.9 Å². The number of hydrazine groups is 1. The van der Waals surface area contributed by atoms with E-state index in [1.54, 1.807) is 62.1 Å². The topological polar surface area (TPSA) is 537 Å². The third-order valence-electron chi connectivity index (χ3n) is 19.4. The molecule has 40 heteroatoms. The number of phenolic OH excluding ortho intramolecular Hbond substituents is 1. The van der Waals surface area contributed by atoms with E-state index in [4.69, 9.17) is 19.3 Å². The lowest BCUT2D eigenvalue weighted by Crippen LogP contribution is -2.59. The van der Waals surface area contributed by atoms with E-state index in [9.17, 15) is 87.5 Å². The molecule has 662 valence electrons. The number of amides is 12. The van der Waals surface area contributed by atoms with Crippen LogP contribution in [-0.2, 0) is 86.3 Å². The maximum absolute atomic E-state index is 15.1. The highest BCUT2D eigenvalue weighted by atomic mass is 33.1. The number of carboxylic acids is 4. The zero-order chi connectivity index (χ0) is 88.3. The summed E-state index contributed by atoms with van der Waals surface area (Å²) >= 11 is 1.08. The average Bonchev–Trinajstić information content (AvgIpc) is 1.80. The van der Waals surface area contributed by atoms with Crippen molar-refractivity contribution in [2.45, 2.75) is 245 Å². The molecule has 1 aliphatic rings. The molecule has 0 spiro atoms. The van der Waals surface area contributed by atoms with Gasteiger partial charge in [-0.1, -0.05) is 125 Å². The smallest absolute Gasteiger partial charge is 0.426 e. The average molecular weight is 1730 g/mol. The van der Waals surface area contributed by atoms with Crippen molar-refractivity contribution in [3.05, 3.63) is 81.3 Å². The van der Waals surface area contributed by atoms with Crippen molar-refractivity contribution in [1.82, 2.24) is 73.5 Å². The molecule has 119 heavy (non-hydrogen) atoms. The molecular weight excluding hydrogens is 1610 g/mol. The monoisotopic (exact) mass is 1730 g/mol.